The number of anilines is 1. The Hall–Kier alpha value is -2.75. The zero-order valence-corrected chi connectivity index (χ0v) is 16.0. The standard InChI is InChI=1S/C23H26N2O2/c1-16-7-12-20(25-13-5-3-4-6-14-25)22-21(16)23(26)19(15-24-22)17-8-10-18(27-2)11-9-17/h7-12,15H,3-6,13-14H2,1-2H3,(H,24,26). The predicted octanol–water partition coefficient (Wildman–Crippen LogP) is 4.89. The summed E-state index contributed by atoms with van der Waals surface area (Å²) in [6.07, 6.45) is 6.86. The molecule has 4 heteroatoms. The number of aromatic nitrogens is 1. The lowest BCUT2D eigenvalue weighted by Gasteiger charge is -2.24. The maximum atomic E-state index is 13.3. The van der Waals surface area contributed by atoms with Gasteiger partial charge in [0.15, 0.2) is 5.43 Å². The van der Waals surface area contributed by atoms with E-state index in [1.165, 1.54) is 25.7 Å². The van der Waals surface area contributed by atoms with Gasteiger partial charge >= 0.3 is 0 Å². The van der Waals surface area contributed by atoms with E-state index in [4.69, 9.17) is 4.74 Å². The van der Waals surface area contributed by atoms with Gasteiger partial charge in [-0.05, 0) is 49.1 Å². The number of fused-ring (bicyclic) bond motifs is 1. The van der Waals surface area contributed by atoms with Crippen molar-refractivity contribution in [2.75, 3.05) is 25.1 Å². The maximum absolute atomic E-state index is 13.3. The molecule has 0 saturated carbocycles. The van der Waals surface area contributed by atoms with E-state index in [1.54, 1.807) is 7.11 Å². The van der Waals surface area contributed by atoms with E-state index in [0.29, 0.717) is 5.56 Å². The van der Waals surface area contributed by atoms with Crippen molar-refractivity contribution < 1.29 is 4.74 Å². The monoisotopic (exact) mass is 362 g/mol. The molecule has 0 spiro atoms. The van der Waals surface area contributed by atoms with Gasteiger partial charge in [0, 0.05) is 24.8 Å². The average molecular weight is 362 g/mol. The second kappa shape index (κ2) is 7.47. The highest BCUT2D eigenvalue weighted by atomic mass is 16.5. The van der Waals surface area contributed by atoms with Gasteiger partial charge in [0.25, 0.3) is 0 Å². The predicted molar refractivity (Wildman–Crippen MR) is 112 cm³/mol. The Morgan fingerprint density at radius 2 is 1.67 bits per heavy atom. The molecule has 0 unspecified atom stereocenters. The molecule has 1 saturated heterocycles. The lowest BCUT2D eigenvalue weighted by molar-refractivity contribution is 0.415. The molecule has 1 N–H and O–H groups in total. The van der Waals surface area contributed by atoms with Crippen LogP contribution < -0.4 is 15.1 Å². The van der Waals surface area contributed by atoms with Crippen LogP contribution in [0.15, 0.2) is 47.4 Å². The van der Waals surface area contributed by atoms with Crippen LogP contribution in [0.3, 0.4) is 0 Å². The summed E-state index contributed by atoms with van der Waals surface area (Å²) in [5.41, 5.74) is 4.80. The normalized spacial score (nSPS) is 15.0. The summed E-state index contributed by atoms with van der Waals surface area (Å²) in [5, 5.41) is 0.796. The molecule has 2 heterocycles. The third-order valence-corrected chi connectivity index (χ3v) is 5.57. The fourth-order valence-electron chi connectivity index (χ4n) is 4.04. The number of rotatable bonds is 3. The first-order chi connectivity index (χ1) is 13.2. The van der Waals surface area contributed by atoms with E-state index in [0.717, 1.165) is 46.6 Å². The number of nitrogens with one attached hydrogen (secondary N) is 1. The Balaban J connectivity index is 1.84. The van der Waals surface area contributed by atoms with Gasteiger partial charge in [0.05, 0.1) is 23.7 Å². The van der Waals surface area contributed by atoms with Crippen molar-refractivity contribution in [3.05, 3.63) is 58.4 Å². The van der Waals surface area contributed by atoms with Crippen molar-refractivity contribution in [3.63, 3.8) is 0 Å². The zero-order chi connectivity index (χ0) is 18.8. The SMILES string of the molecule is COc1ccc(-c2c[nH]c3c(N4CCCCCC4)ccc(C)c3c2=O)cc1. The van der Waals surface area contributed by atoms with Crippen molar-refractivity contribution in [1.82, 2.24) is 4.98 Å². The summed E-state index contributed by atoms with van der Waals surface area (Å²) in [7, 11) is 1.64. The summed E-state index contributed by atoms with van der Waals surface area (Å²) in [4.78, 5) is 19.2. The number of H-pyrrole nitrogens is 1. The first-order valence-electron chi connectivity index (χ1n) is 9.73. The first kappa shape index (κ1) is 17.7. The molecule has 1 aromatic heterocycles. The minimum absolute atomic E-state index is 0.0862. The molecule has 0 amide bonds. The molecular formula is C23H26N2O2. The number of aromatic amines is 1. The lowest BCUT2D eigenvalue weighted by atomic mass is 10.0. The number of nitrogens with zero attached hydrogens (tertiary/aromatic N) is 1. The van der Waals surface area contributed by atoms with E-state index in [2.05, 4.69) is 22.0 Å². The Labute approximate surface area is 159 Å². The molecule has 27 heavy (non-hydrogen) atoms. The Morgan fingerprint density at radius 1 is 0.963 bits per heavy atom. The fraction of sp³-hybridized carbons (Fsp3) is 0.348. The Morgan fingerprint density at radius 3 is 2.33 bits per heavy atom. The van der Waals surface area contributed by atoms with Gasteiger partial charge in [0.1, 0.15) is 5.75 Å². The first-order valence-corrected chi connectivity index (χ1v) is 9.73. The van der Waals surface area contributed by atoms with Crippen molar-refractivity contribution in [1.29, 1.82) is 0 Å². The van der Waals surface area contributed by atoms with Gasteiger partial charge in [-0.25, -0.2) is 0 Å². The van der Waals surface area contributed by atoms with Gasteiger partial charge in [-0.1, -0.05) is 31.0 Å². The molecule has 1 fully saturated rings. The van der Waals surface area contributed by atoms with Crippen LogP contribution in [0.4, 0.5) is 5.69 Å². The summed E-state index contributed by atoms with van der Waals surface area (Å²) in [6, 6.07) is 11.9. The molecule has 140 valence electrons. The third kappa shape index (κ3) is 3.32. The molecular weight excluding hydrogens is 336 g/mol. The van der Waals surface area contributed by atoms with Gasteiger partial charge in [-0.2, -0.15) is 0 Å². The molecule has 0 aliphatic carbocycles. The van der Waals surface area contributed by atoms with Crippen LogP contribution in [0, 0.1) is 6.92 Å². The quantitative estimate of drug-likeness (QED) is 0.721. The van der Waals surface area contributed by atoms with Gasteiger partial charge in [-0.15, -0.1) is 0 Å². The summed E-state index contributed by atoms with van der Waals surface area (Å²) >= 11 is 0. The fourth-order valence-corrected chi connectivity index (χ4v) is 4.04. The van der Waals surface area contributed by atoms with Crippen LogP contribution in [-0.4, -0.2) is 25.2 Å². The smallest absolute Gasteiger partial charge is 0.197 e. The summed E-state index contributed by atoms with van der Waals surface area (Å²) in [6.45, 7) is 4.13. The van der Waals surface area contributed by atoms with Crippen LogP contribution in [0.1, 0.15) is 31.2 Å². The van der Waals surface area contributed by atoms with Crippen LogP contribution in [0.25, 0.3) is 22.0 Å². The molecule has 4 nitrogen and oxygen atoms in total. The van der Waals surface area contributed by atoms with Crippen LogP contribution in [0.5, 0.6) is 5.75 Å². The second-order valence-corrected chi connectivity index (χ2v) is 7.31. The van der Waals surface area contributed by atoms with Crippen molar-refractivity contribution in [2.45, 2.75) is 32.6 Å². The Bertz CT molecular complexity index is 997. The molecule has 2 aromatic carbocycles. The number of aryl methyl sites for hydroxylation is 1. The number of pyridine rings is 1. The lowest BCUT2D eigenvalue weighted by Crippen LogP contribution is -2.25. The highest BCUT2D eigenvalue weighted by Crippen LogP contribution is 2.30. The van der Waals surface area contributed by atoms with Crippen molar-refractivity contribution in [2.24, 2.45) is 0 Å². The van der Waals surface area contributed by atoms with Gasteiger partial charge in [0.2, 0.25) is 0 Å². The topological polar surface area (TPSA) is 45.3 Å². The Kier molecular flexibility index (Phi) is 4.88. The number of hydrogen-bond donors (Lipinski definition) is 1. The molecule has 0 radical (unpaired) electrons. The largest absolute Gasteiger partial charge is 0.497 e. The molecule has 1 aliphatic heterocycles. The highest BCUT2D eigenvalue weighted by Gasteiger charge is 2.17. The molecule has 1 aliphatic rings. The van der Waals surface area contributed by atoms with Crippen molar-refractivity contribution in [3.8, 4) is 16.9 Å². The average Bonchev–Trinajstić information content (AvgIpc) is 2.98. The van der Waals surface area contributed by atoms with Gasteiger partial charge in [-0.3, -0.25) is 4.79 Å². The van der Waals surface area contributed by atoms with E-state index in [-0.39, 0.29) is 5.43 Å². The maximum Gasteiger partial charge on any atom is 0.197 e. The van der Waals surface area contributed by atoms with Crippen LogP contribution in [-0.2, 0) is 0 Å². The summed E-state index contributed by atoms with van der Waals surface area (Å²) in [5.74, 6) is 0.788. The molecule has 0 atom stereocenters. The second-order valence-electron chi connectivity index (χ2n) is 7.31. The molecule has 4 rings (SSSR count). The highest BCUT2D eigenvalue weighted by molar-refractivity contribution is 5.95. The minimum Gasteiger partial charge on any atom is -0.497 e. The molecule has 0 bridgehead atoms. The number of ether oxygens (including phenoxy) is 1. The van der Waals surface area contributed by atoms with E-state index in [9.17, 15) is 4.79 Å². The van der Waals surface area contributed by atoms with E-state index in [1.807, 2.05) is 37.4 Å². The molecule has 3 aromatic rings. The number of methoxy groups -OCH3 is 1. The number of hydrogen-bond acceptors (Lipinski definition) is 3. The zero-order valence-electron chi connectivity index (χ0n) is 16.0. The van der Waals surface area contributed by atoms with Crippen LogP contribution in [0.2, 0.25) is 0 Å². The van der Waals surface area contributed by atoms with Crippen LogP contribution >= 0.6 is 0 Å². The minimum atomic E-state index is 0.0862. The van der Waals surface area contributed by atoms with E-state index >= 15 is 0 Å². The van der Waals surface area contributed by atoms with Crippen molar-refractivity contribution >= 4 is 16.6 Å². The van der Waals surface area contributed by atoms with Gasteiger partial charge < -0.3 is 14.6 Å². The third-order valence-electron chi connectivity index (χ3n) is 5.57. The summed E-state index contributed by atoms with van der Waals surface area (Å²) < 4.78 is 5.23. The van der Waals surface area contributed by atoms with E-state index < -0.39 is 0 Å². The number of benzene rings is 2.